The van der Waals surface area contributed by atoms with Crippen molar-refractivity contribution in [2.75, 3.05) is 5.75 Å². The van der Waals surface area contributed by atoms with Crippen LogP contribution in [0.3, 0.4) is 0 Å². The lowest BCUT2D eigenvalue weighted by molar-refractivity contribution is -0.123. The third-order valence-electron chi connectivity index (χ3n) is 6.16. The summed E-state index contributed by atoms with van der Waals surface area (Å²) in [5.74, 6) is 2.77. The molecule has 1 saturated heterocycles. The van der Waals surface area contributed by atoms with E-state index in [4.69, 9.17) is 0 Å². The molecule has 6 heteroatoms. The van der Waals surface area contributed by atoms with Crippen LogP contribution < -0.4 is 0 Å². The van der Waals surface area contributed by atoms with E-state index in [1.54, 1.807) is 0 Å². The van der Waals surface area contributed by atoms with Gasteiger partial charge in [0, 0.05) is 5.41 Å². The van der Waals surface area contributed by atoms with E-state index in [-0.39, 0.29) is 22.6 Å². The number of sulfonamides is 1. The monoisotopic (exact) mass is 339 g/mol. The van der Waals surface area contributed by atoms with Crippen LogP contribution in [0.1, 0.15) is 33.1 Å². The molecule has 0 aromatic rings. The molecule has 1 heterocycles. The molecule has 3 fully saturated rings. The summed E-state index contributed by atoms with van der Waals surface area (Å²) in [4.78, 5) is 12.5. The Morgan fingerprint density at radius 3 is 2.45 bits per heavy atom. The van der Waals surface area contributed by atoms with Gasteiger partial charge >= 0.3 is 5.91 Å². The first-order valence-electron chi connectivity index (χ1n) is 8.00. The van der Waals surface area contributed by atoms with E-state index in [1.165, 1.54) is 0 Å². The average molecular weight is 340 g/mol. The fourth-order valence-corrected chi connectivity index (χ4v) is 7.81. The molecule has 1 spiro atoms. The van der Waals surface area contributed by atoms with Crippen molar-refractivity contribution in [1.82, 2.24) is 4.31 Å². The van der Waals surface area contributed by atoms with Crippen molar-refractivity contribution >= 4 is 24.0 Å². The first-order valence-corrected chi connectivity index (χ1v) is 13.1. The molecule has 3 aliphatic rings. The largest absolute Gasteiger partial charge is 0.311 e. The number of hydrogen-bond donors (Lipinski definition) is 0. The van der Waals surface area contributed by atoms with Crippen LogP contribution in [0.15, 0.2) is 0 Å². The molecule has 122 valence electrons. The third kappa shape index (κ3) is 2.01. The molecule has 2 aliphatic carbocycles. The van der Waals surface area contributed by atoms with Gasteiger partial charge in [0.25, 0.3) is 0 Å². The van der Waals surface area contributed by atoms with E-state index in [2.05, 4.69) is 25.3 Å². The number of carbonyl (C=O) groups excluding carboxylic acids is 1. The van der Waals surface area contributed by atoms with Gasteiger partial charge in [0.2, 0.25) is 10.0 Å². The van der Waals surface area contributed by atoms with E-state index in [0.717, 1.165) is 23.6 Å². The average Bonchev–Trinajstić information content (AvgIpc) is 2.81. The molecule has 0 N–H and O–H groups in total. The van der Waals surface area contributed by atoms with Crippen molar-refractivity contribution in [2.24, 2.45) is 16.7 Å². The van der Waals surface area contributed by atoms with Gasteiger partial charge in [-0.2, -0.15) is 0 Å². The highest BCUT2D eigenvalue weighted by Gasteiger charge is 2.72. The Morgan fingerprint density at radius 1 is 1.27 bits per heavy atom. The Morgan fingerprint density at radius 2 is 1.91 bits per heavy atom. The van der Waals surface area contributed by atoms with E-state index in [9.17, 15) is 13.2 Å². The van der Waals surface area contributed by atoms with Crippen molar-refractivity contribution in [1.29, 1.82) is 0 Å². The number of nitrogens with zero attached hydrogens (tertiary/aromatic N) is 1. The van der Waals surface area contributed by atoms with Crippen LogP contribution in [0.4, 0.5) is 0 Å². The summed E-state index contributed by atoms with van der Waals surface area (Å²) in [5, 5.41) is 0. The SMILES string of the molecule is CC1(C)[C@H]2CC[C@@]13CS(=O)(=O)N(C(=O)C#C[Si](C)(C)C)[C@H]3C2. The maximum Gasteiger partial charge on any atom is 0.311 e. The zero-order valence-electron chi connectivity index (χ0n) is 14.1. The minimum absolute atomic E-state index is 0.00796. The lowest BCUT2D eigenvalue weighted by Gasteiger charge is -2.36. The molecule has 2 bridgehead atoms. The van der Waals surface area contributed by atoms with Gasteiger partial charge in [-0.1, -0.05) is 33.5 Å². The highest BCUT2D eigenvalue weighted by molar-refractivity contribution is 7.90. The fourth-order valence-electron chi connectivity index (χ4n) is 4.85. The summed E-state index contributed by atoms with van der Waals surface area (Å²) in [5.41, 5.74) is 2.75. The first-order chi connectivity index (χ1) is 9.91. The summed E-state index contributed by atoms with van der Waals surface area (Å²) >= 11 is 0. The summed E-state index contributed by atoms with van der Waals surface area (Å²) in [6.07, 6.45) is 2.81. The summed E-state index contributed by atoms with van der Waals surface area (Å²) < 4.78 is 26.5. The molecule has 3 atom stereocenters. The van der Waals surface area contributed by atoms with E-state index in [0.29, 0.717) is 5.92 Å². The predicted molar refractivity (Wildman–Crippen MR) is 89.1 cm³/mol. The summed E-state index contributed by atoms with van der Waals surface area (Å²) in [6, 6.07) is -0.172. The van der Waals surface area contributed by atoms with Gasteiger partial charge in [-0.3, -0.25) is 4.79 Å². The molecular weight excluding hydrogens is 314 g/mol. The summed E-state index contributed by atoms with van der Waals surface area (Å²) in [6.45, 7) is 10.5. The minimum Gasteiger partial charge on any atom is -0.258 e. The van der Waals surface area contributed by atoms with Crippen molar-refractivity contribution in [3.05, 3.63) is 0 Å². The standard InChI is InChI=1S/C16H25NO3SSi/c1-15(2)12-6-8-16(15)11-21(19,20)17(13(16)10-12)14(18)7-9-22(3,4)5/h12-13H,6,8,10-11H2,1-5H3/t12-,13-,16-/m0/s1. The van der Waals surface area contributed by atoms with Gasteiger partial charge < -0.3 is 0 Å². The van der Waals surface area contributed by atoms with Crippen LogP contribution in [0.5, 0.6) is 0 Å². The molecule has 0 unspecified atom stereocenters. The second-order valence-corrected chi connectivity index (χ2v) is 15.3. The van der Waals surface area contributed by atoms with Gasteiger partial charge in [0.05, 0.1) is 11.8 Å². The Balaban J connectivity index is 2.00. The van der Waals surface area contributed by atoms with Gasteiger partial charge in [0.15, 0.2) is 0 Å². The second-order valence-electron chi connectivity index (χ2n) is 8.72. The molecule has 2 saturated carbocycles. The Bertz CT molecular complexity index is 695. The van der Waals surface area contributed by atoms with Crippen molar-refractivity contribution in [2.45, 2.75) is 58.8 Å². The lowest BCUT2D eigenvalue weighted by Crippen LogP contribution is -2.43. The Kier molecular flexibility index (Phi) is 3.20. The zero-order chi connectivity index (χ0) is 16.6. The maximum absolute atomic E-state index is 12.7. The normalized spacial score (nSPS) is 37.6. The zero-order valence-corrected chi connectivity index (χ0v) is 15.9. The molecule has 0 radical (unpaired) electrons. The molecule has 1 aliphatic heterocycles. The molecule has 0 aromatic carbocycles. The number of rotatable bonds is 0. The van der Waals surface area contributed by atoms with Crippen LogP contribution in [-0.2, 0) is 14.8 Å². The van der Waals surface area contributed by atoms with Crippen LogP contribution in [-0.4, -0.2) is 38.5 Å². The smallest absolute Gasteiger partial charge is 0.258 e. The van der Waals surface area contributed by atoms with Crippen molar-refractivity contribution in [3.63, 3.8) is 0 Å². The first kappa shape index (κ1) is 16.1. The predicted octanol–water partition coefficient (Wildman–Crippen LogP) is 2.23. The minimum atomic E-state index is -3.53. The molecule has 4 nitrogen and oxygen atoms in total. The van der Waals surface area contributed by atoms with Gasteiger partial charge in [0.1, 0.15) is 8.07 Å². The van der Waals surface area contributed by atoms with E-state index in [1.807, 2.05) is 19.6 Å². The van der Waals surface area contributed by atoms with Crippen LogP contribution >= 0.6 is 0 Å². The van der Waals surface area contributed by atoms with Gasteiger partial charge in [-0.05, 0) is 36.5 Å². The second kappa shape index (κ2) is 4.39. The van der Waals surface area contributed by atoms with Crippen LogP contribution in [0.25, 0.3) is 0 Å². The van der Waals surface area contributed by atoms with Crippen molar-refractivity contribution in [3.8, 4) is 11.5 Å². The lowest BCUT2D eigenvalue weighted by atomic mass is 9.69. The highest BCUT2D eigenvalue weighted by atomic mass is 32.2. The highest BCUT2D eigenvalue weighted by Crippen LogP contribution is 2.69. The van der Waals surface area contributed by atoms with E-state index < -0.39 is 24.0 Å². The molecule has 3 rings (SSSR count). The van der Waals surface area contributed by atoms with Gasteiger partial charge in [-0.15, -0.1) is 5.54 Å². The van der Waals surface area contributed by atoms with Crippen LogP contribution in [0.2, 0.25) is 19.6 Å². The quantitative estimate of drug-likeness (QED) is 0.502. The topological polar surface area (TPSA) is 54.5 Å². The Hall–Kier alpha value is -0.803. The summed E-state index contributed by atoms with van der Waals surface area (Å²) in [7, 11) is -5.23. The number of carbonyl (C=O) groups is 1. The molecule has 0 aromatic heterocycles. The number of hydrogen-bond acceptors (Lipinski definition) is 3. The number of fused-ring (bicyclic) bond motifs is 1. The Labute approximate surface area is 134 Å². The molecular formula is C16H25NO3SSi. The third-order valence-corrected chi connectivity index (χ3v) is 8.93. The van der Waals surface area contributed by atoms with Crippen LogP contribution in [0, 0.1) is 28.2 Å². The fraction of sp³-hybridized carbons (Fsp3) is 0.812. The van der Waals surface area contributed by atoms with Gasteiger partial charge in [-0.25, -0.2) is 12.7 Å². The molecule has 1 amide bonds. The maximum atomic E-state index is 12.7. The van der Waals surface area contributed by atoms with E-state index >= 15 is 0 Å². The van der Waals surface area contributed by atoms with Crippen molar-refractivity contribution < 1.29 is 13.2 Å². The molecule has 22 heavy (non-hydrogen) atoms. The number of amides is 1.